The van der Waals surface area contributed by atoms with Gasteiger partial charge in [-0.25, -0.2) is 18.3 Å². The molecule has 28 heavy (non-hydrogen) atoms. The van der Waals surface area contributed by atoms with Crippen molar-refractivity contribution in [1.82, 2.24) is 19.9 Å². The lowest BCUT2D eigenvalue weighted by molar-refractivity contribution is -0.0674. The van der Waals surface area contributed by atoms with Crippen molar-refractivity contribution in [3.63, 3.8) is 0 Å². The first-order valence-corrected chi connectivity index (χ1v) is 10.1. The second kappa shape index (κ2) is 7.22. The smallest absolute Gasteiger partial charge is 0.280 e. The van der Waals surface area contributed by atoms with E-state index in [1.807, 2.05) is 0 Å². The van der Waals surface area contributed by atoms with E-state index in [-0.39, 0.29) is 15.8 Å². The van der Waals surface area contributed by atoms with Crippen LogP contribution in [0.4, 0.5) is 8.78 Å². The Morgan fingerprint density at radius 1 is 1.43 bits per heavy atom. The highest BCUT2D eigenvalue weighted by Gasteiger charge is 2.46. The predicted molar refractivity (Wildman–Crippen MR) is 104 cm³/mol. The molecule has 1 saturated carbocycles. The van der Waals surface area contributed by atoms with Crippen molar-refractivity contribution in [2.24, 2.45) is 5.73 Å². The van der Waals surface area contributed by atoms with Crippen LogP contribution in [0.25, 0.3) is 16.8 Å². The molecule has 3 N–H and O–H groups in total. The minimum Gasteiger partial charge on any atom is -0.340 e. The van der Waals surface area contributed by atoms with Gasteiger partial charge in [0.15, 0.2) is 5.01 Å². The van der Waals surface area contributed by atoms with Gasteiger partial charge in [-0.2, -0.15) is 5.10 Å². The van der Waals surface area contributed by atoms with Gasteiger partial charge in [-0.1, -0.05) is 34.5 Å². The number of nitrogens with one attached hydrogen (secondary N) is 1. The minimum absolute atomic E-state index is 0.0186. The Hall–Kier alpha value is -1.81. The summed E-state index contributed by atoms with van der Waals surface area (Å²) in [6.45, 7) is 0. The average molecular weight is 446 g/mol. The van der Waals surface area contributed by atoms with Crippen molar-refractivity contribution >= 4 is 46.0 Å². The minimum atomic E-state index is -3.06. The number of halogens is 4. The van der Waals surface area contributed by atoms with Crippen molar-refractivity contribution in [2.45, 2.75) is 37.3 Å². The highest BCUT2D eigenvalue weighted by molar-refractivity contribution is 7.18. The van der Waals surface area contributed by atoms with Gasteiger partial charge in [0.25, 0.3) is 11.8 Å². The molecule has 1 aliphatic rings. The topological polar surface area (TPSA) is 85.3 Å². The van der Waals surface area contributed by atoms with E-state index >= 15 is 0 Å². The molecule has 1 aliphatic carbocycles. The van der Waals surface area contributed by atoms with Gasteiger partial charge in [0.1, 0.15) is 16.1 Å². The monoisotopic (exact) mass is 445 g/mol. The zero-order valence-electron chi connectivity index (χ0n) is 14.3. The molecule has 0 unspecified atom stereocenters. The first kappa shape index (κ1) is 19.5. The Balaban J connectivity index is 1.64. The summed E-state index contributed by atoms with van der Waals surface area (Å²) in [6.07, 6.45) is 3.68. The SMILES string of the molecule is N[C@H]1CCCC(F)(F)[C@@H]1NC(=O)c1nc(-c2cnn3ccc(Cl)cc23)c(Cl)s1. The average Bonchev–Trinajstić information content (AvgIpc) is 3.20. The molecule has 148 valence electrons. The number of carbonyl (C=O) groups excluding carboxylic acids is 1. The van der Waals surface area contributed by atoms with Crippen LogP contribution in [-0.2, 0) is 0 Å². The number of thiazole rings is 1. The lowest BCUT2D eigenvalue weighted by Gasteiger charge is -2.36. The number of hydrogen-bond donors (Lipinski definition) is 2. The summed E-state index contributed by atoms with van der Waals surface area (Å²) in [4.78, 5) is 16.8. The van der Waals surface area contributed by atoms with Gasteiger partial charge in [-0.15, -0.1) is 0 Å². The van der Waals surface area contributed by atoms with E-state index in [4.69, 9.17) is 28.9 Å². The molecular weight excluding hydrogens is 431 g/mol. The molecule has 1 amide bonds. The fraction of sp³-hybridized carbons (Fsp3) is 0.353. The van der Waals surface area contributed by atoms with Crippen LogP contribution in [0, 0.1) is 0 Å². The van der Waals surface area contributed by atoms with E-state index in [0.29, 0.717) is 34.6 Å². The maximum absolute atomic E-state index is 14.2. The number of nitrogens with zero attached hydrogens (tertiary/aromatic N) is 3. The molecule has 2 atom stereocenters. The van der Waals surface area contributed by atoms with Gasteiger partial charge >= 0.3 is 0 Å². The zero-order valence-corrected chi connectivity index (χ0v) is 16.7. The van der Waals surface area contributed by atoms with Crippen molar-refractivity contribution in [3.05, 3.63) is 38.9 Å². The highest BCUT2D eigenvalue weighted by atomic mass is 35.5. The first-order valence-electron chi connectivity index (χ1n) is 8.50. The van der Waals surface area contributed by atoms with E-state index in [1.54, 1.807) is 29.0 Å². The summed E-state index contributed by atoms with van der Waals surface area (Å²) >= 11 is 13.2. The second-order valence-corrected chi connectivity index (χ2v) is 8.68. The van der Waals surface area contributed by atoms with Gasteiger partial charge in [-0.05, 0) is 25.0 Å². The number of fused-ring (bicyclic) bond motifs is 1. The summed E-state index contributed by atoms with van der Waals surface area (Å²) in [5.74, 6) is -3.79. The Labute approximate surface area is 172 Å². The lowest BCUT2D eigenvalue weighted by Crippen LogP contribution is -2.59. The lowest BCUT2D eigenvalue weighted by atomic mass is 9.87. The molecule has 0 aromatic carbocycles. The largest absolute Gasteiger partial charge is 0.340 e. The highest BCUT2D eigenvalue weighted by Crippen LogP contribution is 2.36. The summed E-state index contributed by atoms with van der Waals surface area (Å²) in [5, 5.41) is 7.03. The van der Waals surface area contributed by atoms with Crippen molar-refractivity contribution in [2.75, 3.05) is 0 Å². The number of aromatic nitrogens is 3. The number of hydrogen-bond acceptors (Lipinski definition) is 5. The Morgan fingerprint density at radius 2 is 2.21 bits per heavy atom. The number of nitrogens with two attached hydrogens (primary N) is 1. The fourth-order valence-corrected chi connectivity index (χ4v) is 4.56. The molecule has 0 bridgehead atoms. The molecule has 0 aliphatic heterocycles. The fourth-order valence-electron chi connectivity index (χ4n) is 3.33. The molecule has 3 heterocycles. The maximum Gasteiger partial charge on any atom is 0.280 e. The maximum atomic E-state index is 14.2. The van der Waals surface area contributed by atoms with Crippen molar-refractivity contribution < 1.29 is 13.6 Å². The van der Waals surface area contributed by atoms with Crippen molar-refractivity contribution in [3.8, 4) is 11.3 Å². The summed E-state index contributed by atoms with van der Waals surface area (Å²) in [5.41, 5.74) is 7.40. The van der Waals surface area contributed by atoms with Gasteiger partial charge in [0, 0.05) is 29.2 Å². The van der Waals surface area contributed by atoms with E-state index in [2.05, 4.69) is 15.4 Å². The van der Waals surface area contributed by atoms with Crippen LogP contribution in [0.5, 0.6) is 0 Å². The molecule has 3 aromatic heterocycles. The number of amides is 1. The Bertz CT molecular complexity index is 1050. The normalized spacial score (nSPS) is 21.8. The quantitative estimate of drug-likeness (QED) is 0.637. The van der Waals surface area contributed by atoms with Crippen LogP contribution >= 0.6 is 34.5 Å². The van der Waals surface area contributed by atoms with E-state index in [9.17, 15) is 13.6 Å². The molecule has 0 radical (unpaired) electrons. The molecular formula is C17H15Cl2F2N5OS. The van der Waals surface area contributed by atoms with E-state index in [1.165, 1.54) is 0 Å². The third-order valence-electron chi connectivity index (χ3n) is 4.74. The van der Waals surface area contributed by atoms with Gasteiger partial charge < -0.3 is 11.1 Å². The Morgan fingerprint density at radius 3 is 2.96 bits per heavy atom. The van der Waals surface area contributed by atoms with Crippen LogP contribution in [-0.4, -0.2) is 38.5 Å². The third-order valence-corrected chi connectivity index (χ3v) is 6.22. The number of alkyl halides is 2. The second-order valence-electron chi connectivity index (χ2n) is 6.64. The number of rotatable bonds is 3. The molecule has 4 rings (SSSR count). The molecule has 6 nitrogen and oxygen atoms in total. The predicted octanol–water partition coefficient (Wildman–Crippen LogP) is 4.01. The van der Waals surface area contributed by atoms with Crippen molar-refractivity contribution in [1.29, 1.82) is 0 Å². The van der Waals surface area contributed by atoms with Crippen LogP contribution < -0.4 is 11.1 Å². The molecule has 0 saturated heterocycles. The van der Waals surface area contributed by atoms with E-state index in [0.717, 1.165) is 11.3 Å². The number of pyridine rings is 1. The van der Waals surface area contributed by atoms with Gasteiger partial charge in [-0.3, -0.25) is 4.79 Å². The van der Waals surface area contributed by atoms with Crippen LogP contribution in [0.15, 0.2) is 24.5 Å². The van der Waals surface area contributed by atoms with E-state index < -0.39 is 23.9 Å². The molecule has 11 heteroatoms. The first-order chi connectivity index (χ1) is 13.3. The third kappa shape index (κ3) is 3.47. The standard InChI is InChI=1S/C17H15Cl2F2N5OS/c18-8-3-5-26-11(6-8)9(7-23-26)12-14(19)28-16(24-12)15(27)25-13-10(22)2-1-4-17(13,20)21/h3,5-7,10,13H,1-2,4,22H2,(H,25,27)/t10-,13+/m0/s1. The molecule has 3 aromatic rings. The van der Waals surface area contributed by atoms with Crippen LogP contribution in [0.1, 0.15) is 29.1 Å². The Kier molecular flexibility index (Phi) is 5.03. The zero-order chi connectivity index (χ0) is 20.1. The molecule has 1 fully saturated rings. The van der Waals surface area contributed by atoms with Crippen LogP contribution in [0.2, 0.25) is 9.36 Å². The van der Waals surface area contributed by atoms with Gasteiger partial charge in [0.05, 0.1) is 11.7 Å². The molecule has 0 spiro atoms. The summed E-state index contributed by atoms with van der Waals surface area (Å²) in [6, 6.07) is 1.13. The number of carbonyl (C=O) groups is 1. The summed E-state index contributed by atoms with van der Waals surface area (Å²) in [7, 11) is 0. The van der Waals surface area contributed by atoms with Crippen LogP contribution in [0.3, 0.4) is 0 Å². The summed E-state index contributed by atoms with van der Waals surface area (Å²) < 4.78 is 30.2. The van der Waals surface area contributed by atoms with Gasteiger partial charge in [0.2, 0.25) is 0 Å².